The maximum absolute atomic E-state index is 2.55. The Balaban J connectivity index is 1.38. The molecule has 2 heteroatoms. The monoisotopic (exact) mass is 583 g/mol. The van der Waals surface area contributed by atoms with Crippen LogP contribution in [0.2, 0.25) is 0 Å². The molecule has 1 heterocycles. The van der Waals surface area contributed by atoms with Gasteiger partial charge in [0, 0.05) is 42.3 Å². The van der Waals surface area contributed by atoms with Gasteiger partial charge in [-0.1, -0.05) is 119 Å². The molecule has 9 rings (SSSR count). The van der Waals surface area contributed by atoms with Crippen molar-refractivity contribution in [2.24, 2.45) is 0 Å². The van der Waals surface area contributed by atoms with Crippen molar-refractivity contribution in [2.75, 3.05) is 4.90 Å². The van der Waals surface area contributed by atoms with E-state index in [0.29, 0.717) is 0 Å². The van der Waals surface area contributed by atoms with Crippen LogP contribution in [-0.4, -0.2) is 0 Å². The largest absolute Gasteiger partial charge is 0.309 e. The van der Waals surface area contributed by atoms with Gasteiger partial charge in [-0.3, -0.25) is 0 Å². The van der Waals surface area contributed by atoms with Crippen molar-refractivity contribution in [1.29, 1.82) is 0 Å². The lowest BCUT2D eigenvalue weighted by atomic mass is 9.82. The van der Waals surface area contributed by atoms with Crippen molar-refractivity contribution in [3.05, 3.63) is 150 Å². The van der Waals surface area contributed by atoms with E-state index in [4.69, 9.17) is 0 Å². The highest BCUT2D eigenvalue weighted by atomic mass is 32.1. The molecule has 0 atom stereocenters. The van der Waals surface area contributed by atoms with Gasteiger partial charge in [-0.25, -0.2) is 0 Å². The zero-order chi connectivity index (χ0) is 29.8. The Morgan fingerprint density at radius 2 is 1.07 bits per heavy atom. The summed E-state index contributed by atoms with van der Waals surface area (Å²) in [6.07, 6.45) is 0. The van der Waals surface area contributed by atoms with E-state index in [1.807, 2.05) is 11.3 Å². The molecule has 44 heavy (non-hydrogen) atoms. The lowest BCUT2D eigenvalue weighted by molar-refractivity contribution is 0.660. The van der Waals surface area contributed by atoms with Gasteiger partial charge in [0.2, 0.25) is 0 Å². The van der Waals surface area contributed by atoms with E-state index in [1.54, 1.807) is 0 Å². The first-order chi connectivity index (χ1) is 21.4. The van der Waals surface area contributed by atoms with Crippen molar-refractivity contribution in [2.45, 2.75) is 38.5 Å². The maximum atomic E-state index is 2.55. The summed E-state index contributed by atoms with van der Waals surface area (Å²) < 4.78 is 2.64. The number of thiophene rings is 1. The van der Waals surface area contributed by atoms with E-state index < -0.39 is 0 Å². The summed E-state index contributed by atoms with van der Waals surface area (Å²) in [6, 6.07) is 47.7. The molecule has 0 saturated carbocycles. The second-order valence-electron chi connectivity index (χ2n) is 13.4. The summed E-state index contributed by atoms with van der Waals surface area (Å²) in [6.45, 7) is 9.48. The highest BCUT2D eigenvalue weighted by Gasteiger charge is 2.39. The van der Waals surface area contributed by atoms with Crippen LogP contribution in [0, 0.1) is 0 Å². The van der Waals surface area contributed by atoms with Gasteiger partial charge < -0.3 is 4.90 Å². The van der Waals surface area contributed by atoms with E-state index in [9.17, 15) is 0 Å². The minimum Gasteiger partial charge on any atom is -0.309 e. The number of benzene rings is 6. The maximum Gasteiger partial charge on any atom is 0.0555 e. The number of hydrogen-bond acceptors (Lipinski definition) is 2. The first-order valence-electron chi connectivity index (χ1n) is 15.5. The van der Waals surface area contributed by atoms with Crippen LogP contribution < -0.4 is 4.90 Å². The predicted molar refractivity (Wildman–Crippen MR) is 189 cm³/mol. The van der Waals surface area contributed by atoms with Gasteiger partial charge in [0.1, 0.15) is 0 Å². The molecule has 0 spiro atoms. The number of nitrogens with zero attached hydrogens (tertiary/aromatic N) is 1. The Labute approximate surface area is 263 Å². The molecule has 0 fully saturated rings. The Hall–Kier alpha value is -4.66. The third-order valence-corrected chi connectivity index (χ3v) is 11.4. The fourth-order valence-corrected chi connectivity index (χ4v) is 9.23. The number of anilines is 3. The summed E-state index contributed by atoms with van der Waals surface area (Å²) in [5.41, 5.74) is 14.5. The molecule has 0 bridgehead atoms. The summed E-state index contributed by atoms with van der Waals surface area (Å²) >= 11 is 1.88. The molecule has 6 aromatic carbocycles. The van der Waals surface area contributed by atoms with E-state index in [0.717, 1.165) is 0 Å². The summed E-state index contributed by atoms with van der Waals surface area (Å²) in [4.78, 5) is 2.55. The van der Waals surface area contributed by atoms with Gasteiger partial charge >= 0.3 is 0 Å². The molecule has 2 aliphatic rings. The van der Waals surface area contributed by atoms with E-state index in [1.165, 1.54) is 81.7 Å². The van der Waals surface area contributed by atoms with Gasteiger partial charge in [0.25, 0.3) is 0 Å². The quantitative estimate of drug-likeness (QED) is 0.200. The normalized spacial score (nSPS) is 15.2. The van der Waals surface area contributed by atoms with Crippen LogP contribution in [0.5, 0.6) is 0 Å². The van der Waals surface area contributed by atoms with Crippen molar-refractivity contribution in [1.82, 2.24) is 0 Å². The molecule has 1 nitrogen and oxygen atoms in total. The van der Waals surface area contributed by atoms with Crippen LogP contribution in [-0.2, 0) is 10.8 Å². The zero-order valence-electron chi connectivity index (χ0n) is 25.5. The molecular weight excluding hydrogens is 551 g/mol. The minimum absolute atomic E-state index is 0.0732. The number of rotatable bonds is 3. The van der Waals surface area contributed by atoms with Crippen LogP contribution in [0.25, 0.3) is 42.4 Å². The predicted octanol–water partition coefficient (Wildman–Crippen LogP) is 12.1. The Bertz CT molecular complexity index is 2300. The lowest BCUT2D eigenvalue weighted by Crippen LogP contribution is -2.17. The fraction of sp³-hybridized carbons (Fsp3) is 0.143. The van der Waals surface area contributed by atoms with E-state index >= 15 is 0 Å². The van der Waals surface area contributed by atoms with Gasteiger partial charge in [0.05, 0.1) is 11.4 Å². The standard InChI is InChI=1S/C42H33NS/c1-41(2)32-17-9-6-14-29(32)39-33(41)18-11-19-35(39)43(36-20-12-22-38-40(36)30-15-7-10-21-37(30)44-38)26-23-24-28-27-13-5-8-16-31(27)42(3,4)34(28)25-26/h5-25H,1-4H3. The van der Waals surface area contributed by atoms with Gasteiger partial charge in [0.15, 0.2) is 0 Å². The number of fused-ring (bicyclic) bond motifs is 9. The van der Waals surface area contributed by atoms with Crippen LogP contribution in [0.1, 0.15) is 49.9 Å². The molecule has 2 aliphatic carbocycles. The molecular formula is C42H33NS. The summed E-state index contributed by atoms with van der Waals surface area (Å²) in [7, 11) is 0. The second kappa shape index (κ2) is 8.94. The summed E-state index contributed by atoms with van der Waals surface area (Å²) in [5.74, 6) is 0. The van der Waals surface area contributed by atoms with Gasteiger partial charge in [-0.15, -0.1) is 11.3 Å². The van der Waals surface area contributed by atoms with Crippen LogP contribution in [0.15, 0.2) is 127 Å². The van der Waals surface area contributed by atoms with Crippen LogP contribution >= 0.6 is 11.3 Å². The molecule has 1 aromatic heterocycles. The van der Waals surface area contributed by atoms with Crippen LogP contribution in [0.4, 0.5) is 17.1 Å². The number of hydrogen-bond donors (Lipinski definition) is 0. The minimum atomic E-state index is -0.0814. The molecule has 212 valence electrons. The highest BCUT2D eigenvalue weighted by molar-refractivity contribution is 7.26. The fourth-order valence-electron chi connectivity index (χ4n) is 8.10. The Morgan fingerprint density at radius 3 is 1.91 bits per heavy atom. The lowest BCUT2D eigenvalue weighted by Gasteiger charge is -2.31. The molecule has 0 radical (unpaired) electrons. The molecule has 0 saturated heterocycles. The SMILES string of the molecule is CC1(C)c2ccccc2-c2ccc(N(c3cccc4c3-c3ccccc3C4(C)C)c3cccc4sc5ccccc5c34)cc21. The average Bonchev–Trinajstić information content (AvgIpc) is 3.62. The third-order valence-electron chi connectivity index (χ3n) is 10.3. The third kappa shape index (κ3) is 3.35. The first-order valence-corrected chi connectivity index (χ1v) is 16.4. The molecule has 7 aromatic rings. The smallest absolute Gasteiger partial charge is 0.0555 e. The van der Waals surface area contributed by atoms with Gasteiger partial charge in [-0.2, -0.15) is 0 Å². The average molecular weight is 584 g/mol. The Kier molecular flexibility index (Phi) is 5.24. The molecule has 0 N–H and O–H groups in total. The van der Waals surface area contributed by atoms with E-state index in [2.05, 4.69) is 160 Å². The molecule has 0 unspecified atom stereocenters. The van der Waals surface area contributed by atoms with Crippen molar-refractivity contribution in [3.63, 3.8) is 0 Å². The summed E-state index contributed by atoms with van der Waals surface area (Å²) in [5, 5.41) is 2.63. The molecule has 0 aliphatic heterocycles. The van der Waals surface area contributed by atoms with E-state index in [-0.39, 0.29) is 10.8 Å². The topological polar surface area (TPSA) is 3.24 Å². The highest BCUT2D eigenvalue weighted by Crippen LogP contribution is 2.56. The molecule has 0 amide bonds. The second-order valence-corrected chi connectivity index (χ2v) is 14.4. The van der Waals surface area contributed by atoms with Crippen molar-refractivity contribution < 1.29 is 0 Å². The van der Waals surface area contributed by atoms with Crippen LogP contribution in [0.3, 0.4) is 0 Å². The Morgan fingerprint density at radius 1 is 0.477 bits per heavy atom. The zero-order valence-corrected chi connectivity index (χ0v) is 26.3. The van der Waals surface area contributed by atoms with Gasteiger partial charge in [-0.05, 0) is 75.3 Å². The first kappa shape index (κ1) is 25.8. The van der Waals surface area contributed by atoms with Crippen molar-refractivity contribution >= 4 is 48.6 Å². The van der Waals surface area contributed by atoms with Crippen molar-refractivity contribution in [3.8, 4) is 22.3 Å².